The Morgan fingerprint density at radius 2 is 2.25 bits per heavy atom. The molecule has 2 aromatic rings. The van der Waals surface area contributed by atoms with E-state index in [1.54, 1.807) is 23.7 Å². The maximum absolute atomic E-state index is 11.4. The SMILES string of the molecule is O=C(NO)c1ncc(Br)c2c(Cl)cccc12. The van der Waals surface area contributed by atoms with Gasteiger partial charge in [-0.2, -0.15) is 0 Å². The summed E-state index contributed by atoms with van der Waals surface area (Å²) in [5.74, 6) is -0.667. The van der Waals surface area contributed by atoms with Crippen molar-refractivity contribution >= 4 is 44.2 Å². The minimum absolute atomic E-state index is 0.128. The van der Waals surface area contributed by atoms with E-state index in [4.69, 9.17) is 16.8 Å². The van der Waals surface area contributed by atoms with Crippen LogP contribution in [0.5, 0.6) is 0 Å². The number of nitrogens with zero attached hydrogens (tertiary/aromatic N) is 1. The lowest BCUT2D eigenvalue weighted by molar-refractivity contribution is 0.0703. The molecule has 0 aliphatic heterocycles. The van der Waals surface area contributed by atoms with E-state index in [0.29, 0.717) is 20.3 Å². The second-order valence-corrected chi connectivity index (χ2v) is 4.32. The van der Waals surface area contributed by atoms with Gasteiger partial charge in [0.2, 0.25) is 0 Å². The van der Waals surface area contributed by atoms with Gasteiger partial charge in [-0.25, -0.2) is 10.5 Å². The molecule has 0 aliphatic carbocycles. The predicted molar refractivity (Wildman–Crippen MR) is 63.7 cm³/mol. The number of carbonyl (C=O) groups excluding carboxylic acids is 1. The van der Waals surface area contributed by atoms with Gasteiger partial charge in [-0.05, 0) is 22.0 Å². The van der Waals surface area contributed by atoms with Crippen LogP contribution < -0.4 is 5.48 Å². The largest absolute Gasteiger partial charge is 0.293 e. The quantitative estimate of drug-likeness (QED) is 0.629. The van der Waals surface area contributed by atoms with Crippen molar-refractivity contribution in [3.8, 4) is 0 Å². The third kappa shape index (κ3) is 1.77. The van der Waals surface area contributed by atoms with E-state index >= 15 is 0 Å². The first kappa shape index (κ1) is 11.3. The van der Waals surface area contributed by atoms with Crippen molar-refractivity contribution in [2.75, 3.05) is 0 Å². The van der Waals surface area contributed by atoms with Gasteiger partial charge >= 0.3 is 0 Å². The summed E-state index contributed by atoms with van der Waals surface area (Å²) in [4.78, 5) is 15.3. The van der Waals surface area contributed by atoms with Crippen LogP contribution in [0.4, 0.5) is 0 Å². The minimum atomic E-state index is -0.667. The number of amides is 1. The van der Waals surface area contributed by atoms with E-state index in [2.05, 4.69) is 20.9 Å². The van der Waals surface area contributed by atoms with Gasteiger partial charge in [0, 0.05) is 26.5 Å². The summed E-state index contributed by atoms with van der Waals surface area (Å²) in [5, 5.41) is 10.4. The van der Waals surface area contributed by atoms with Crippen LogP contribution in [0.25, 0.3) is 10.8 Å². The third-order valence-electron chi connectivity index (χ3n) is 2.13. The third-order valence-corrected chi connectivity index (χ3v) is 3.05. The van der Waals surface area contributed by atoms with Gasteiger partial charge in [-0.1, -0.05) is 23.7 Å². The zero-order valence-corrected chi connectivity index (χ0v) is 10.2. The first-order valence-electron chi connectivity index (χ1n) is 4.32. The summed E-state index contributed by atoms with van der Waals surface area (Å²) in [5.41, 5.74) is 1.68. The number of carbonyl (C=O) groups is 1. The summed E-state index contributed by atoms with van der Waals surface area (Å²) >= 11 is 9.34. The first-order valence-corrected chi connectivity index (χ1v) is 5.49. The second kappa shape index (κ2) is 4.37. The Kier molecular flexibility index (Phi) is 3.09. The summed E-state index contributed by atoms with van der Waals surface area (Å²) in [7, 11) is 0. The van der Waals surface area contributed by atoms with Crippen LogP contribution in [0, 0.1) is 0 Å². The van der Waals surface area contributed by atoms with Crippen LogP contribution >= 0.6 is 27.5 Å². The van der Waals surface area contributed by atoms with Crippen molar-refractivity contribution in [3.05, 3.63) is 39.6 Å². The van der Waals surface area contributed by atoms with Crippen molar-refractivity contribution < 1.29 is 10.0 Å². The Morgan fingerprint density at radius 3 is 2.94 bits per heavy atom. The molecule has 0 fully saturated rings. The number of rotatable bonds is 1. The van der Waals surface area contributed by atoms with Crippen molar-refractivity contribution in [3.63, 3.8) is 0 Å². The van der Waals surface area contributed by atoms with Gasteiger partial charge in [0.05, 0.1) is 0 Å². The zero-order chi connectivity index (χ0) is 11.7. The molecule has 0 atom stereocenters. The monoisotopic (exact) mass is 300 g/mol. The number of hydroxylamine groups is 1. The Balaban J connectivity index is 2.84. The molecule has 1 aromatic heterocycles. The molecule has 2 N–H and O–H groups in total. The Morgan fingerprint density at radius 1 is 1.50 bits per heavy atom. The molecule has 1 amide bonds. The molecule has 16 heavy (non-hydrogen) atoms. The molecule has 2 rings (SSSR count). The number of hydrogen-bond acceptors (Lipinski definition) is 3. The Labute approximate surface area is 104 Å². The highest BCUT2D eigenvalue weighted by Crippen LogP contribution is 2.31. The zero-order valence-electron chi connectivity index (χ0n) is 7.87. The highest BCUT2D eigenvalue weighted by molar-refractivity contribution is 9.10. The summed E-state index contributed by atoms with van der Waals surface area (Å²) < 4.78 is 0.697. The van der Waals surface area contributed by atoms with Gasteiger partial charge < -0.3 is 0 Å². The topological polar surface area (TPSA) is 62.2 Å². The number of benzene rings is 1. The fourth-order valence-corrected chi connectivity index (χ4v) is 2.37. The van der Waals surface area contributed by atoms with Gasteiger partial charge in [0.25, 0.3) is 5.91 Å². The maximum Gasteiger partial charge on any atom is 0.293 e. The maximum atomic E-state index is 11.4. The molecule has 82 valence electrons. The fourth-order valence-electron chi connectivity index (χ4n) is 1.45. The van der Waals surface area contributed by atoms with Crippen LogP contribution in [0.1, 0.15) is 10.5 Å². The number of halogens is 2. The van der Waals surface area contributed by atoms with Crippen LogP contribution in [0.15, 0.2) is 28.9 Å². The average Bonchev–Trinajstić information content (AvgIpc) is 2.28. The smallest absolute Gasteiger partial charge is 0.288 e. The summed E-state index contributed by atoms with van der Waals surface area (Å²) in [6, 6.07) is 5.14. The number of pyridine rings is 1. The number of hydrogen-bond donors (Lipinski definition) is 2. The molecular formula is C10H6BrClN2O2. The normalized spacial score (nSPS) is 10.4. The van der Waals surface area contributed by atoms with Crippen molar-refractivity contribution in [1.82, 2.24) is 10.5 Å². The number of nitrogens with one attached hydrogen (secondary N) is 1. The molecule has 0 saturated heterocycles. The van der Waals surface area contributed by atoms with E-state index < -0.39 is 5.91 Å². The molecule has 6 heteroatoms. The highest BCUT2D eigenvalue weighted by Gasteiger charge is 2.14. The second-order valence-electron chi connectivity index (χ2n) is 3.06. The van der Waals surface area contributed by atoms with E-state index in [1.807, 2.05) is 0 Å². The van der Waals surface area contributed by atoms with Crippen molar-refractivity contribution in [2.24, 2.45) is 0 Å². The molecule has 0 spiro atoms. The van der Waals surface area contributed by atoms with E-state index in [-0.39, 0.29) is 5.69 Å². The van der Waals surface area contributed by atoms with Gasteiger partial charge in [-0.3, -0.25) is 10.0 Å². The average molecular weight is 302 g/mol. The number of aromatic nitrogens is 1. The van der Waals surface area contributed by atoms with Crippen LogP contribution in [0.3, 0.4) is 0 Å². The molecule has 0 aliphatic rings. The molecule has 0 bridgehead atoms. The fraction of sp³-hybridized carbons (Fsp3) is 0. The van der Waals surface area contributed by atoms with Crippen LogP contribution in [-0.4, -0.2) is 16.1 Å². The van der Waals surface area contributed by atoms with E-state index in [0.717, 1.165) is 0 Å². The van der Waals surface area contributed by atoms with Crippen LogP contribution in [-0.2, 0) is 0 Å². The molecule has 1 aromatic carbocycles. The first-order chi connectivity index (χ1) is 7.65. The molecule has 4 nitrogen and oxygen atoms in total. The predicted octanol–water partition coefficient (Wildman–Crippen LogP) is 2.77. The van der Waals surface area contributed by atoms with Crippen LogP contribution in [0.2, 0.25) is 5.02 Å². The molecule has 0 saturated carbocycles. The lowest BCUT2D eigenvalue weighted by atomic mass is 10.1. The Bertz CT molecular complexity index is 566. The molecular weight excluding hydrogens is 295 g/mol. The molecule has 0 unspecified atom stereocenters. The minimum Gasteiger partial charge on any atom is -0.288 e. The van der Waals surface area contributed by atoms with Gasteiger partial charge in [-0.15, -0.1) is 0 Å². The summed E-state index contributed by atoms with van der Waals surface area (Å²) in [6.45, 7) is 0. The lowest BCUT2D eigenvalue weighted by Gasteiger charge is -2.06. The van der Waals surface area contributed by atoms with Gasteiger partial charge in [0.15, 0.2) is 0 Å². The molecule has 0 radical (unpaired) electrons. The Hall–Kier alpha value is -1.17. The lowest BCUT2D eigenvalue weighted by Crippen LogP contribution is -2.20. The molecule has 1 heterocycles. The van der Waals surface area contributed by atoms with Gasteiger partial charge in [0.1, 0.15) is 5.69 Å². The standard InChI is InChI=1S/C10H6BrClN2O2/c11-6-4-13-9(10(15)14-16)5-2-1-3-7(12)8(5)6/h1-4,16H,(H,14,15). The summed E-state index contributed by atoms with van der Waals surface area (Å²) in [6.07, 6.45) is 1.47. The highest BCUT2D eigenvalue weighted by atomic mass is 79.9. The van der Waals surface area contributed by atoms with E-state index in [1.165, 1.54) is 6.20 Å². The van der Waals surface area contributed by atoms with Crippen molar-refractivity contribution in [2.45, 2.75) is 0 Å². The number of fused-ring (bicyclic) bond motifs is 1. The van der Waals surface area contributed by atoms with E-state index in [9.17, 15) is 4.79 Å². The van der Waals surface area contributed by atoms with Crippen molar-refractivity contribution in [1.29, 1.82) is 0 Å².